The van der Waals surface area contributed by atoms with Crippen LogP contribution < -0.4 is 0 Å². The summed E-state index contributed by atoms with van der Waals surface area (Å²) in [4.78, 5) is 8.77. The summed E-state index contributed by atoms with van der Waals surface area (Å²) in [6.45, 7) is 3.66. The summed E-state index contributed by atoms with van der Waals surface area (Å²) in [5, 5.41) is 14.5. The van der Waals surface area contributed by atoms with E-state index in [2.05, 4.69) is 21.1 Å². The molecule has 0 saturated heterocycles. The smallest absolute Gasteiger partial charge is 0.174 e. The molecule has 2 aromatic heterocycles. The minimum atomic E-state index is 0.492. The normalized spacial score (nSPS) is 10.6. The van der Waals surface area contributed by atoms with Gasteiger partial charge in [-0.25, -0.2) is 9.97 Å². The van der Waals surface area contributed by atoms with Crippen molar-refractivity contribution >= 4 is 10.9 Å². The number of hydrogen-bond donors (Lipinski definition) is 0. The zero-order valence-corrected chi connectivity index (χ0v) is 10.6. The molecule has 0 radical (unpaired) electrons. The van der Waals surface area contributed by atoms with Gasteiger partial charge in [0.15, 0.2) is 5.82 Å². The molecule has 5 heteroatoms. The predicted octanol–water partition coefficient (Wildman–Crippen LogP) is 2.30. The van der Waals surface area contributed by atoms with Crippen molar-refractivity contribution in [2.45, 2.75) is 13.8 Å². The molecule has 0 saturated carbocycles. The third kappa shape index (κ3) is 1.83. The monoisotopic (exact) mass is 249 g/mol. The third-order valence-electron chi connectivity index (χ3n) is 2.90. The van der Waals surface area contributed by atoms with Gasteiger partial charge in [0.1, 0.15) is 17.7 Å². The summed E-state index contributed by atoms with van der Waals surface area (Å²) in [5.74, 6) is 1.91. The molecule has 1 aromatic carbocycles. The lowest BCUT2D eigenvalue weighted by Gasteiger charge is -2.06. The Kier molecular flexibility index (Phi) is 2.50. The van der Waals surface area contributed by atoms with Crippen LogP contribution in [-0.2, 0) is 0 Å². The van der Waals surface area contributed by atoms with Gasteiger partial charge in [-0.3, -0.25) is 0 Å². The highest BCUT2D eigenvalue weighted by Crippen LogP contribution is 2.19. The van der Waals surface area contributed by atoms with E-state index in [0.29, 0.717) is 17.2 Å². The first-order valence-corrected chi connectivity index (χ1v) is 5.89. The number of aromatic nitrogens is 4. The number of rotatable bonds is 1. The molecule has 5 nitrogen and oxygen atoms in total. The number of nitriles is 1. The highest BCUT2D eigenvalue weighted by Gasteiger charge is 2.12. The molecule has 0 unspecified atom stereocenters. The maximum atomic E-state index is 9.29. The van der Waals surface area contributed by atoms with Gasteiger partial charge in [-0.05, 0) is 26.0 Å². The molecule has 0 N–H and O–H groups in total. The summed E-state index contributed by atoms with van der Waals surface area (Å²) in [6.07, 6.45) is 0. The number of fused-ring (bicyclic) bond motifs is 1. The quantitative estimate of drug-likeness (QED) is 0.663. The summed E-state index contributed by atoms with van der Waals surface area (Å²) >= 11 is 0. The molecule has 19 heavy (non-hydrogen) atoms. The molecule has 0 amide bonds. The fourth-order valence-corrected chi connectivity index (χ4v) is 2.07. The molecule has 0 bridgehead atoms. The second-order valence-corrected chi connectivity index (χ2v) is 4.28. The second-order valence-electron chi connectivity index (χ2n) is 4.28. The number of hydrogen-bond acceptors (Lipinski definition) is 4. The largest absolute Gasteiger partial charge is 0.227 e. The van der Waals surface area contributed by atoms with Gasteiger partial charge in [-0.1, -0.05) is 18.2 Å². The molecular formula is C14H11N5. The van der Waals surface area contributed by atoms with Gasteiger partial charge >= 0.3 is 0 Å². The lowest BCUT2D eigenvalue weighted by atomic mass is 10.1. The maximum absolute atomic E-state index is 9.29. The Labute approximate surface area is 110 Å². The van der Waals surface area contributed by atoms with Crippen LogP contribution in [0.3, 0.4) is 0 Å². The summed E-state index contributed by atoms with van der Waals surface area (Å²) in [6, 6.07) is 11.7. The minimum absolute atomic E-state index is 0.492. The van der Waals surface area contributed by atoms with Crippen LogP contribution in [0.25, 0.3) is 16.7 Å². The minimum Gasteiger partial charge on any atom is -0.227 e. The van der Waals surface area contributed by atoms with E-state index in [1.807, 2.05) is 44.2 Å². The zero-order chi connectivity index (χ0) is 13.4. The highest BCUT2D eigenvalue weighted by molar-refractivity contribution is 5.81. The number of pyridine rings is 1. The van der Waals surface area contributed by atoms with Crippen LogP contribution >= 0.6 is 0 Å². The Morgan fingerprint density at radius 1 is 1.16 bits per heavy atom. The molecule has 3 aromatic rings. The van der Waals surface area contributed by atoms with Gasteiger partial charge in [-0.15, -0.1) is 5.10 Å². The second kappa shape index (κ2) is 4.18. The van der Waals surface area contributed by atoms with Crippen molar-refractivity contribution in [1.82, 2.24) is 19.7 Å². The zero-order valence-electron chi connectivity index (χ0n) is 10.6. The fourth-order valence-electron chi connectivity index (χ4n) is 2.07. The molecule has 3 rings (SSSR count). The molecule has 0 spiro atoms. The lowest BCUT2D eigenvalue weighted by molar-refractivity contribution is 0.805. The number of aryl methyl sites for hydroxylation is 2. The van der Waals surface area contributed by atoms with Crippen molar-refractivity contribution in [3.05, 3.63) is 47.5 Å². The van der Waals surface area contributed by atoms with Crippen LogP contribution in [0.15, 0.2) is 30.3 Å². The maximum Gasteiger partial charge on any atom is 0.174 e. The Morgan fingerprint density at radius 2 is 1.95 bits per heavy atom. The summed E-state index contributed by atoms with van der Waals surface area (Å²) in [5.41, 5.74) is 1.33. The number of nitrogens with zero attached hydrogens (tertiary/aromatic N) is 5. The van der Waals surface area contributed by atoms with Crippen LogP contribution in [0.5, 0.6) is 0 Å². The Bertz CT molecular complexity index is 810. The molecule has 0 aliphatic rings. The first-order chi connectivity index (χ1) is 9.19. The van der Waals surface area contributed by atoms with Gasteiger partial charge in [0.2, 0.25) is 0 Å². The van der Waals surface area contributed by atoms with Crippen molar-refractivity contribution < 1.29 is 0 Å². The Morgan fingerprint density at radius 3 is 2.63 bits per heavy atom. The van der Waals surface area contributed by atoms with E-state index >= 15 is 0 Å². The van der Waals surface area contributed by atoms with Crippen LogP contribution in [-0.4, -0.2) is 19.7 Å². The predicted molar refractivity (Wildman–Crippen MR) is 70.8 cm³/mol. The molecular weight excluding hydrogens is 238 g/mol. The molecule has 0 aliphatic carbocycles. The van der Waals surface area contributed by atoms with Crippen molar-refractivity contribution in [2.24, 2.45) is 0 Å². The van der Waals surface area contributed by atoms with E-state index < -0.39 is 0 Å². The van der Waals surface area contributed by atoms with E-state index in [4.69, 9.17) is 0 Å². The molecule has 0 aliphatic heterocycles. The van der Waals surface area contributed by atoms with Gasteiger partial charge in [-0.2, -0.15) is 9.94 Å². The fraction of sp³-hybridized carbons (Fsp3) is 0.143. The van der Waals surface area contributed by atoms with Crippen LogP contribution in [0.2, 0.25) is 0 Å². The average Bonchev–Trinajstić information content (AvgIpc) is 2.76. The van der Waals surface area contributed by atoms with E-state index in [1.54, 1.807) is 4.68 Å². The standard InChI is InChI=1S/C14H11N5/c1-9-16-10(2)19(18-9)14-12(8-15)7-11-5-3-4-6-13(11)17-14/h3-7H,1-2H3. The van der Waals surface area contributed by atoms with Crippen LogP contribution in [0.4, 0.5) is 0 Å². The lowest BCUT2D eigenvalue weighted by Crippen LogP contribution is -2.05. The van der Waals surface area contributed by atoms with E-state index in [1.165, 1.54) is 0 Å². The molecule has 92 valence electrons. The van der Waals surface area contributed by atoms with Gasteiger partial charge in [0.05, 0.1) is 11.1 Å². The average molecular weight is 249 g/mol. The Balaban J connectivity index is 2.34. The topological polar surface area (TPSA) is 67.4 Å². The van der Waals surface area contributed by atoms with Crippen molar-refractivity contribution in [3.8, 4) is 11.9 Å². The van der Waals surface area contributed by atoms with Gasteiger partial charge in [0, 0.05) is 5.39 Å². The first kappa shape index (κ1) is 11.4. The highest BCUT2D eigenvalue weighted by atomic mass is 15.4. The van der Waals surface area contributed by atoms with Crippen LogP contribution in [0, 0.1) is 25.2 Å². The van der Waals surface area contributed by atoms with E-state index in [0.717, 1.165) is 16.7 Å². The first-order valence-electron chi connectivity index (χ1n) is 5.89. The molecule has 2 heterocycles. The van der Waals surface area contributed by atoms with Crippen molar-refractivity contribution in [2.75, 3.05) is 0 Å². The summed E-state index contributed by atoms with van der Waals surface area (Å²) in [7, 11) is 0. The summed E-state index contributed by atoms with van der Waals surface area (Å²) < 4.78 is 1.61. The van der Waals surface area contributed by atoms with E-state index in [-0.39, 0.29) is 0 Å². The van der Waals surface area contributed by atoms with Gasteiger partial charge < -0.3 is 0 Å². The SMILES string of the molecule is Cc1nc(C)n(-c2nc3ccccc3cc2C#N)n1. The van der Waals surface area contributed by atoms with Crippen molar-refractivity contribution in [3.63, 3.8) is 0 Å². The van der Waals surface area contributed by atoms with Gasteiger partial charge in [0.25, 0.3) is 0 Å². The van der Waals surface area contributed by atoms with Crippen LogP contribution in [0.1, 0.15) is 17.2 Å². The Hall–Kier alpha value is -2.74. The number of para-hydroxylation sites is 1. The molecule has 0 fully saturated rings. The molecule has 0 atom stereocenters. The van der Waals surface area contributed by atoms with E-state index in [9.17, 15) is 5.26 Å². The number of benzene rings is 1. The van der Waals surface area contributed by atoms with Crippen molar-refractivity contribution in [1.29, 1.82) is 5.26 Å². The third-order valence-corrected chi connectivity index (χ3v) is 2.90.